The highest BCUT2D eigenvalue weighted by atomic mass is 17.2. The largest absolute Gasteiger partial charge is 0.481 e. The molecule has 0 aliphatic heterocycles. The van der Waals surface area contributed by atoms with Gasteiger partial charge in [0.05, 0.1) is 12.0 Å². The summed E-state index contributed by atoms with van der Waals surface area (Å²) < 4.78 is 0. The molecular weight excluding hydrogens is 212 g/mol. The second-order valence-electron chi connectivity index (χ2n) is 4.31. The number of unbranched alkanes of at least 4 members (excludes halogenated alkanes) is 1. The van der Waals surface area contributed by atoms with Gasteiger partial charge in [-0.25, -0.2) is 4.79 Å². The van der Waals surface area contributed by atoms with Gasteiger partial charge in [-0.15, -0.1) is 0 Å². The molecule has 0 spiro atoms. The highest BCUT2D eigenvalue weighted by molar-refractivity contribution is 5.72. The molecule has 5 nitrogen and oxygen atoms in total. The first kappa shape index (κ1) is 17.3. The molecule has 0 aromatic heterocycles. The maximum Gasteiger partial charge on any atom is 0.339 e. The molecule has 5 heteroatoms. The summed E-state index contributed by atoms with van der Waals surface area (Å²) in [5.74, 6) is -1.15. The van der Waals surface area contributed by atoms with Gasteiger partial charge in [-0.3, -0.25) is 9.68 Å². The molecule has 0 atom stereocenters. The summed E-state index contributed by atoms with van der Waals surface area (Å²) in [5, 5.41) is 8.25. The first-order valence-corrected chi connectivity index (χ1v) is 5.25. The van der Waals surface area contributed by atoms with Crippen molar-refractivity contribution in [2.75, 3.05) is 6.61 Å². The summed E-state index contributed by atoms with van der Waals surface area (Å²) >= 11 is 0. The van der Waals surface area contributed by atoms with E-state index in [4.69, 9.17) is 5.11 Å². The molecule has 0 rings (SSSR count). The van der Waals surface area contributed by atoms with Gasteiger partial charge < -0.3 is 5.11 Å². The van der Waals surface area contributed by atoms with Crippen LogP contribution in [0.3, 0.4) is 0 Å². The van der Waals surface area contributed by atoms with Gasteiger partial charge in [-0.1, -0.05) is 13.3 Å². The van der Waals surface area contributed by atoms with Crippen LogP contribution in [0.1, 0.15) is 47.5 Å². The van der Waals surface area contributed by atoms with E-state index in [-0.39, 0.29) is 0 Å². The molecule has 0 aliphatic rings. The van der Waals surface area contributed by atoms with Crippen LogP contribution < -0.4 is 0 Å². The molecule has 16 heavy (non-hydrogen) atoms. The summed E-state index contributed by atoms with van der Waals surface area (Å²) in [6, 6.07) is 0. The maximum absolute atomic E-state index is 10.1. The maximum atomic E-state index is 10.1. The Morgan fingerprint density at radius 2 is 1.69 bits per heavy atom. The zero-order valence-corrected chi connectivity index (χ0v) is 10.7. The number of hydrogen-bond donors (Lipinski definition) is 1. The fourth-order valence-corrected chi connectivity index (χ4v) is 0.328. The first-order valence-electron chi connectivity index (χ1n) is 5.25. The average molecular weight is 234 g/mol. The molecule has 0 aromatic carbocycles. The Bertz CT molecular complexity index is 205. The van der Waals surface area contributed by atoms with Crippen LogP contribution >= 0.6 is 0 Å². The van der Waals surface area contributed by atoms with E-state index in [1.54, 1.807) is 20.8 Å². The fraction of sp³-hybridized carbons (Fsp3) is 0.818. The van der Waals surface area contributed by atoms with E-state index in [9.17, 15) is 9.59 Å². The SMILES string of the molecule is CC(C)(C)C(=O)O.CCCCOOC(C)=O. The summed E-state index contributed by atoms with van der Waals surface area (Å²) in [6.45, 7) is 8.83. The zero-order chi connectivity index (χ0) is 13.2. The summed E-state index contributed by atoms with van der Waals surface area (Å²) in [4.78, 5) is 28.8. The standard InChI is InChI=1S/C6H12O3.C5H10O2/c1-3-4-5-8-9-6(2)7;1-5(2,3)4(6)7/h3-5H2,1-2H3;1-3H3,(H,6,7). The molecule has 1 N–H and O–H groups in total. The lowest BCUT2D eigenvalue weighted by Crippen LogP contribution is -2.18. The lowest BCUT2D eigenvalue weighted by Gasteiger charge is -2.08. The van der Waals surface area contributed by atoms with E-state index in [0.29, 0.717) is 6.61 Å². The van der Waals surface area contributed by atoms with Crippen molar-refractivity contribution in [1.82, 2.24) is 0 Å². The van der Waals surface area contributed by atoms with Crippen LogP contribution in [0.25, 0.3) is 0 Å². The minimum absolute atomic E-state index is 0.397. The Kier molecular flexibility index (Phi) is 9.89. The van der Waals surface area contributed by atoms with Crippen molar-refractivity contribution in [1.29, 1.82) is 0 Å². The molecule has 0 saturated heterocycles. The van der Waals surface area contributed by atoms with E-state index in [0.717, 1.165) is 12.8 Å². The van der Waals surface area contributed by atoms with Crippen molar-refractivity contribution < 1.29 is 24.5 Å². The van der Waals surface area contributed by atoms with Gasteiger partial charge in [0.15, 0.2) is 0 Å². The van der Waals surface area contributed by atoms with Gasteiger partial charge in [0.25, 0.3) is 0 Å². The number of carbonyl (C=O) groups excluding carboxylic acids is 1. The zero-order valence-electron chi connectivity index (χ0n) is 10.7. The minimum Gasteiger partial charge on any atom is -0.481 e. The van der Waals surface area contributed by atoms with E-state index in [1.165, 1.54) is 6.92 Å². The molecule has 0 saturated carbocycles. The molecule has 96 valence electrons. The van der Waals surface area contributed by atoms with Crippen molar-refractivity contribution in [3.63, 3.8) is 0 Å². The van der Waals surface area contributed by atoms with Gasteiger partial charge in [0, 0.05) is 6.92 Å². The van der Waals surface area contributed by atoms with E-state index in [2.05, 4.69) is 9.78 Å². The van der Waals surface area contributed by atoms with Crippen LogP contribution in [0.15, 0.2) is 0 Å². The monoisotopic (exact) mass is 234 g/mol. The molecule has 0 unspecified atom stereocenters. The second kappa shape index (κ2) is 9.15. The highest BCUT2D eigenvalue weighted by Crippen LogP contribution is 2.11. The van der Waals surface area contributed by atoms with E-state index < -0.39 is 17.4 Å². The van der Waals surface area contributed by atoms with Crippen molar-refractivity contribution in [3.8, 4) is 0 Å². The predicted molar refractivity (Wildman–Crippen MR) is 59.7 cm³/mol. The van der Waals surface area contributed by atoms with Crippen LogP contribution in [0.4, 0.5) is 0 Å². The third-order valence-corrected chi connectivity index (χ3v) is 1.40. The van der Waals surface area contributed by atoms with Crippen molar-refractivity contribution >= 4 is 11.9 Å². The van der Waals surface area contributed by atoms with Gasteiger partial charge in [-0.05, 0) is 27.2 Å². The molecule has 0 fully saturated rings. The molecular formula is C11H22O5. The number of carbonyl (C=O) groups is 2. The van der Waals surface area contributed by atoms with Gasteiger partial charge >= 0.3 is 11.9 Å². The molecule has 0 amide bonds. The second-order valence-corrected chi connectivity index (χ2v) is 4.31. The first-order chi connectivity index (χ1) is 7.21. The quantitative estimate of drug-likeness (QED) is 0.459. The molecule has 0 radical (unpaired) electrons. The van der Waals surface area contributed by atoms with Crippen molar-refractivity contribution in [3.05, 3.63) is 0 Å². The molecule has 0 bridgehead atoms. The van der Waals surface area contributed by atoms with Crippen LogP contribution in [0.2, 0.25) is 0 Å². The smallest absolute Gasteiger partial charge is 0.339 e. The van der Waals surface area contributed by atoms with Crippen LogP contribution in [0, 0.1) is 5.41 Å². The number of carboxylic acids is 1. The number of aliphatic carboxylic acids is 1. The number of carboxylic acid groups (broad SMARTS) is 1. The van der Waals surface area contributed by atoms with Crippen molar-refractivity contribution in [2.45, 2.75) is 47.5 Å². The van der Waals surface area contributed by atoms with Crippen LogP contribution in [-0.2, 0) is 19.4 Å². The summed E-state index contributed by atoms with van der Waals surface area (Å²) in [7, 11) is 0. The Balaban J connectivity index is 0. The Labute approximate surface area is 96.7 Å². The molecule has 0 heterocycles. The lowest BCUT2D eigenvalue weighted by molar-refractivity contribution is -0.270. The van der Waals surface area contributed by atoms with E-state index in [1.807, 2.05) is 6.92 Å². The average Bonchev–Trinajstić information content (AvgIpc) is 2.11. The van der Waals surface area contributed by atoms with Crippen LogP contribution in [-0.4, -0.2) is 23.7 Å². The summed E-state index contributed by atoms with van der Waals surface area (Å²) in [6.07, 6.45) is 1.97. The minimum atomic E-state index is -0.757. The normalized spacial score (nSPS) is 10.1. The summed E-state index contributed by atoms with van der Waals surface area (Å²) in [5.41, 5.74) is -0.583. The van der Waals surface area contributed by atoms with Gasteiger partial charge in [0.2, 0.25) is 0 Å². The highest BCUT2D eigenvalue weighted by Gasteiger charge is 2.18. The lowest BCUT2D eigenvalue weighted by atomic mass is 9.98. The fourth-order valence-electron chi connectivity index (χ4n) is 0.328. The number of rotatable bonds is 4. The molecule has 0 aliphatic carbocycles. The Morgan fingerprint density at radius 1 is 1.25 bits per heavy atom. The van der Waals surface area contributed by atoms with Crippen LogP contribution in [0.5, 0.6) is 0 Å². The predicted octanol–water partition coefficient (Wildman–Crippen LogP) is 2.40. The van der Waals surface area contributed by atoms with Gasteiger partial charge in [0.1, 0.15) is 0 Å². The Hall–Kier alpha value is -1.10. The van der Waals surface area contributed by atoms with E-state index >= 15 is 0 Å². The van der Waals surface area contributed by atoms with Crippen molar-refractivity contribution in [2.24, 2.45) is 5.41 Å². The van der Waals surface area contributed by atoms with Gasteiger partial charge in [-0.2, -0.15) is 4.89 Å². The third kappa shape index (κ3) is 15.4. The Morgan fingerprint density at radius 3 is 1.94 bits per heavy atom. The number of hydrogen-bond acceptors (Lipinski definition) is 4. The molecule has 0 aromatic rings. The third-order valence-electron chi connectivity index (χ3n) is 1.40. The topological polar surface area (TPSA) is 72.8 Å².